The van der Waals surface area contributed by atoms with Gasteiger partial charge < -0.3 is 9.73 Å². The molecular formula is C9H12N4O2. The Bertz CT molecular complexity index is 341. The van der Waals surface area contributed by atoms with Gasteiger partial charge in [0.05, 0.1) is 11.8 Å². The van der Waals surface area contributed by atoms with E-state index in [-0.39, 0.29) is 5.91 Å². The monoisotopic (exact) mass is 208 g/mol. The molecule has 1 N–H and O–H groups in total. The van der Waals surface area contributed by atoms with E-state index < -0.39 is 0 Å². The third-order valence-electron chi connectivity index (χ3n) is 1.82. The molecule has 0 aromatic carbocycles. The molecular weight excluding hydrogens is 196 g/mol. The SMILES string of the molecule is [N-]=[N+]=NCCCCNC(=O)c1ccoc1. The molecule has 0 fully saturated rings. The molecule has 0 aliphatic heterocycles. The Kier molecular flexibility index (Phi) is 4.83. The van der Waals surface area contributed by atoms with E-state index in [0.717, 1.165) is 12.8 Å². The Morgan fingerprint density at radius 2 is 2.47 bits per heavy atom. The van der Waals surface area contributed by atoms with Crippen molar-refractivity contribution in [2.45, 2.75) is 12.8 Å². The van der Waals surface area contributed by atoms with Crippen LogP contribution in [0.15, 0.2) is 28.1 Å². The first-order valence-electron chi connectivity index (χ1n) is 4.66. The number of azide groups is 1. The molecule has 0 saturated carbocycles. The normalized spacial score (nSPS) is 9.33. The van der Waals surface area contributed by atoms with Gasteiger partial charge in [0.25, 0.3) is 5.91 Å². The van der Waals surface area contributed by atoms with Crippen LogP contribution in [-0.2, 0) is 0 Å². The van der Waals surface area contributed by atoms with Crippen molar-refractivity contribution in [3.63, 3.8) is 0 Å². The molecule has 1 aromatic heterocycles. The van der Waals surface area contributed by atoms with Crippen LogP contribution in [0.2, 0.25) is 0 Å². The van der Waals surface area contributed by atoms with Gasteiger partial charge in [-0.15, -0.1) is 0 Å². The van der Waals surface area contributed by atoms with Gasteiger partial charge in [-0.25, -0.2) is 0 Å². The maximum atomic E-state index is 11.3. The van der Waals surface area contributed by atoms with Gasteiger partial charge in [0.2, 0.25) is 0 Å². The van der Waals surface area contributed by atoms with E-state index in [1.807, 2.05) is 0 Å². The number of rotatable bonds is 6. The number of carbonyl (C=O) groups is 1. The summed E-state index contributed by atoms with van der Waals surface area (Å²) in [4.78, 5) is 14.0. The topological polar surface area (TPSA) is 91.0 Å². The number of nitrogens with one attached hydrogen (secondary N) is 1. The summed E-state index contributed by atoms with van der Waals surface area (Å²) in [5.74, 6) is -0.146. The van der Waals surface area contributed by atoms with E-state index in [4.69, 9.17) is 9.95 Å². The van der Waals surface area contributed by atoms with E-state index in [9.17, 15) is 4.79 Å². The fourth-order valence-electron chi connectivity index (χ4n) is 1.05. The fraction of sp³-hybridized carbons (Fsp3) is 0.444. The Balaban J connectivity index is 2.10. The molecule has 6 nitrogen and oxygen atoms in total. The summed E-state index contributed by atoms with van der Waals surface area (Å²) in [5, 5.41) is 6.12. The molecule has 1 aromatic rings. The number of hydrogen-bond donors (Lipinski definition) is 1. The molecule has 0 bridgehead atoms. The maximum Gasteiger partial charge on any atom is 0.254 e. The highest BCUT2D eigenvalue weighted by molar-refractivity contribution is 5.93. The predicted octanol–water partition coefficient (Wildman–Crippen LogP) is 2.10. The third kappa shape index (κ3) is 4.19. The lowest BCUT2D eigenvalue weighted by atomic mass is 10.3. The van der Waals surface area contributed by atoms with Crippen molar-refractivity contribution in [2.75, 3.05) is 13.1 Å². The number of hydrogen-bond acceptors (Lipinski definition) is 3. The number of nitrogens with zero attached hydrogens (tertiary/aromatic N) is 3. The van der Waals surface area contributed by atoms with Gasteiger partial charge in [0, 0.05) is 18.0 Å². The smallest absolute Gasteiger partial charge is 0.254 e. The zero-order valence-corrected chi connectivity index (χ0v) is 8.22. The van der Waals surface area contributed by atoms with Crippen molar-refractivity contribution in [3.8, 4) is 0 Å². The lowest BCUT2D eigenvalue weighted by Crippen LogP contribution is -2.23. The Morgan fingerprint density at radius 3 is 3.13 bits per heavy atom. The van der Waals surface area contributed by atoms with Gasteiger partial charge in [-0.1, -0.05) is 5.11 Å². The molecule has 1 rings (SSSR count). The summed E-state index contributed by atoms with van der Waals surface area (Å²) in [6, 6.07) is 1.61. The van der Waals surface area contributed by atoms with E-state index in [0.29, 0.717) is 18.7 Å². The lowest BCUT2D eigenvalue weighted by molar-refractivity contribution is 0.0952. The van der Waals surface area contributed by atoms with Crippen molar-refractivity contribution in [1.29, 1.82) is 0 Å². The highest BCUT2D eigenvalue weighted by Crippen LogP contribution is 1.99. The second-order valence-corrected chi connectivity index (χ2v) is 2.93. The zero-order valence-electron chi connectivity index (χ0n) is 8.22. The van der Waals surface area contributed by atoms with E-state index in [1.54, 1.807) is 6.07 Å². The minimum absolute atomic E-state index is 0.146. The molecule has 0 unspecified atom stereocenters. The Morgan fingerprint density at radius 1 is 1.60 bits per heavy atom. The molecule has 0 aliphatic rings. The third-order valence-corrected chi connectivity index (χ3v) is 1.82. The number of unbranched alkanes of at least 4 members (excludes halogenated alkanes) is 1. The van der Waals surface area contributed by atoms with Crippen LogP contribution in [0.3, 0.4) is 0 Å². The molecule has 1 heterocycles. The largest absolute Gasteiger partial charge is 0.472 e. The average Bonchev–Trinajstić information content (AvgIpc) is 2.76. The van der Waals surface area contributed by atoms with Gasteiger partial charge in [-0.3, -0.25) is 4.79 Å². The van der Waals surface area contributed by atoms with Gasteiger partial charge in [-0.05, 0) is 24.4 Å². The summed E-state index contributed by atoms with van der Waals surface area (Å²) in [7, 11) is 0. The van der Waals surface area contributed by atoms with Gasteiger partial charge in [0.1, 0.15) is 6.26 Å². The van der Waals surface area contributed by atoms with Crippen LogP contribution in [0.25, 0.3) is 10.4 Å². The van der Waals surface area contributed by atoms with Crippen LogP contribution in [0.1, 0.15) is 23.2 Å². The van der Waals surface area contributed by atoms with E-state index in [1.165, 1.54) is 12.5 Å². The molecule has 1 amide bonds. The second-order valence-electron chi connectivity index (χ2n) is 2.93. The highest BCUT2D eigenvalue weighted by Gasteiger charge is 2.04. The summed E-state index contributed by atoms with van der Waals surface area (Å²) in [6.45, 7) is 1.04. The van der Waals surface area contributed by atoms with Crippen LogP contribution in [-0.4, -0.2) is 19.0 Å². The van der Waals surface area contributed by atoms with Crippen LogP contribution in [0.4, 0.5) is 0 Å². The predicted molar refractivity (Wildman–Crippen MR) is 54.3 cm³/mol. The second kappa shape index (κ2) is 6.50. The number of carbonyl (C=O) groups excluding carboxylic acids is 1. The standard InChI is InChI=1S/C9H12N4O2/c10-13-12-5-2-1-4-11-9(14)8-3-6-15-7-8/h3,6-7H,1-2,4-5H2,(H,11,14). The molecule has 80 valence electrons. The highest BCUT2D eigenvalue weighted by atomic mass is 16.3. The average molecular weight is 208 g/mol. The lowest BCUT2D eigenvalue weighted by Gasteiger charge is -2.01. The maximum absolute atomic E-state index is 11.3. The van der Waals surface area contributed by atoms with Crippen molar-refractivity contribution in [3.05, 3.63) is 34.6 Å². The Labute approximate surface area is 86.9 Å². The number of amides is 1. The first-order valence-corrected chi connectivity index (χ1v) is 4.66. The molecule has 0 radical (unpaired) electrons. The molecule has 0 spiro atoms. The minimum atomic E-state index is -0.146. The minimum Gasteiger partial charge on any atom is -0.472 e. The van der Waals surface area contributed by atoms with Crippen LogP contribution < -0.4 is 5.32 Å². The molecule has 6 heteroatoms. The summed E-state index contributed by atoms with van der Waals surface area (Å²) < 4.78 is 4.78. The van der Waals surface area contributed by atoms with E-state index >= 15 is 0 Å². The van der Waals surface area contributed by atoms with Crippen molar-refractivity contribution in [2.24, 2.45) is 5.11 Å². The van der Waals surface area contributed by atoms with Crippen LogP contribution in [0, 0.1) is 0 Å². The van der Waals surface area contributed by atoms with Crippen molar-refractivity contribution >= 4 is 5.91 Å². The number of furan rings is 1. The first kappa shape index (κ1) is 11.1. The fourth-order valence-corrected chi connectivity index (χ4v) is 1.05. The van der Waals surface area contributed by atoms with Gasteiger partial charge >= 0.3 is 0 Å². The summed E-state index contributed by atoms with van der Waals surface area (Å²) >= 11 is 0. The molecule has 0 saturated heterocycles. The molecule has 0 aliphatic carbocycles. The first-order chi connectivity index (χ1) is 7.34. The molecule has 15 heavy (non-hydrogen) atoms. The zero-order chi connectivity index (χ0) is 10.9. The van der Waals surface area contributed by atoms with Crippen LogP contribution in [0.5, 0.6) is 0 Å². The van der Waals surface area contributed by atoms with Crippen molar-refractivity contribution in [1.82, 2.24) is 5.32 Å². The Hall–Kier alpha value is -1.94. The van der Waals surface area contributed by atoms with Gasteiger partial charge in [-0.2, -0.15) is 0 Å². The summed E-state index contributed by atoms with van der Waals surface area (Å²) in [6.07, 6.45) is 4.42. The quantitative estimate of drug-likeness (QED) is 0.335. The van der Waals surface area contributed by atoms with Crippen molar-refractivity contribution < 1.29 is 9.21 Å². The van der Waals surface area contributed by atoms with Gasteiger partial charge in [0.15, 0.2) is 0 Å². The van der Waals surface area contributed by atoms with Crippen LogP contribution >= 0.6 is 0 Å². The van der Waals surface area contributed by atoms with E-state index in [2.05, 4.69) is 15.3 Å². The summed E-state index contributed by atoms with van der Waals surface area (Å²) in [5.41, 5.74) is 8.53. The molecule has 0 atom stereocenters.